The number of rotatable bonds is 6. The van der Waals surface area contributed by atoms with Gasteiger partial charge in [0.05, 0.1) is 36.9 Å². The van der Waals surface area contributed by atoms with E-state index in [9.17, 15) is 18.0 Å². The van der Waals surface area contributed by atoms with E-state index >= 15 is 0 Å². The molecule has 0 bridgehead atoms. The number of esters is 1. The number of fused-ring (bicyclic) bond motifs is 1. The lowest BCUT2D eigenvalue weighted by atomic mass is 10.2. The maximum Gasteiger partial charge on any atom is 0.338 e. The Morgan fingerprint density at radius 2 is 1.73 bits per heavy atom. The zero-order valence-electron chi connectivity index (χ0n) is 17.8. The average molecular weight is 477 g/mol. The number of benzene rings is 2. The zero-order valence-corrected chi connectivity index (χ0v) is 18.6. The number of carbonyl (C=O) groups excluding carboxylic acids is 2. The van der Waals surface area contributed by atoms with Crippen molar-refractivity contribution in [1.82, 2.24) is 4.31 Å². The number of nitrogens with zero attached hydrogens (tertiary/aromatic N) is 1. The van der Waals surface area contributed by atoms with Gasteiger partial charge in [0.2, 0.25) is 10.0 Å². The number of hydrogen-bond acceptors (Lipinski definition) is 8. The lowest BCUT2D eigenvalue weighted by Gasteiger charge is -2.26. The van der Waals surface area contributed by atoms with E-state index in [0.717, 1.165) is 6.42 Å². The van der Waals surface area contributed by atoms with Crippen molar-refractivity contribution in [3.63, 3.8) is 0 Å². The Kier molecular flexibility index (Phi) is 7.11. The Labute approximate surface area is 191 Å². The molecule has 2 heterocycles. The van der Waals surface area contributed by atoms with Gasteiger partial charge in [-0.2, -0.15) is 4.31 Å². The fraction of sp³-hybridized carbons (Fsp3) is 0.364. The summed E-state index contributed by atoms with van der Waals surface area (Å²) in [5, 5.41) is 2.63. The van der Waals surface area contributed by atoms with Crippen molar-refractivity contribution >= 4 is 27.6 Å². The first-order valence-electron chi connectivity index (χ1n) is 10.5. The summed E-state index contributed by atoms with van der Waals surface area (Å²) in [5.74, 6) is -0.220. The van der Waals surface area contributed by atoms with Gasteiger partial charge >= 0.3 is 5.97 Å². The molecule has 2 aromatic carbocycles. The van der Waals surface area contributed by atoms with Crippen LogP contribution in [0.25, 0.3) is 0 Å². The van der Waals surface area contributed by atoms with Gasteiger partial charge in [-0.05, 0) is 30.3 Å². The van der Waals surface area contributed by atoms with Crippen LogP contribution >= 0.6 is 0 Å². The lowest BCUT2D eigenvalue weighted by molar-refractivity contribution is -0.119. The molecule has 2 aliphatic rings. The normalized spacial score (nSPS) is 16.5. The van der Waals surface area contributed by atoms with Crippen LogP contribution in [0.2, 0.25) is 0 Å². The second kappa shape index (κ2) is 10.2. The number of morpholine rings is 1. The molecule has 0 unspecified atom stereocenters. The van der Waals surface area contributed by atoms with Crippen LogP contribution in [0.1, 0.15) is 16.8 Å². The molecule has 0 aliphatic carbocycles. The SMILES string of the molecule is O=C(COC(=O)c1cccc(S(=O)(=O)N2CCOCC2)c1)Nc1ccc2c(c1)OCCCO2. The zero-order chi connectivity index (χ0) is 23.3. The van der Waals surface area contributed by atoms with Crippen LogP contribution in [0.5, 0.6) is 11.5 Å². The molecular formula is C22H24N2O8S. The standard InChI is InChI=1S/C22H24N2O8S/c25-21(23-17-5-6-19-20(14-17)31-10-2-9-30-19)15-32-22(26)16-3-1-4-18(13-16)33(27,28)24-7-11-29-12-8-24/h1,3-6,13-14H,2,7-12,15H2,(H,23,25). The van der Waals surface area contributed by atoms with Gasteiger partial charge in [0.1, 0.15) is 0 Å². The van der Waals surface area contributed by atoms with Gasteiger partial charge in [-0.25, -0.2) is 13.2 Å². The third-order valence-electron chi connectivity index (χ3n) is 5.04. The molecule has 2 aliphatic heterocycles. The van der Waals surface area contributed by atoms with E-state index in [1.807, 2.05) is 0 Å². The molecule has 0 aromatic heterocycles. The molecule has 4 rings (SSSR count). The van der Waals surface area contributed by atoms with Crippen molar-refractivity contribution in [2.45, 2.75) is 11.3 Å². The van der Waals surface area contributed by atoms with Crippen LogP contribution in [-0.2, 0) is 24.3 Å². The molecule has 10 nitrogen and oxygen atoms in total. The number of amides is 1. The Hall–Kier alpha value is -3.15. The van der Waals surface area contributed by atoms with Gasteiger partial charge in [-0.15, -0.1) is 0 Å². The fourth-order valence-electron chi connectivity index (χ4n) is 3.37. The summed E-state index contributed by atoms with van der Waals surface area (Å²) >= 11 is 0. The second-order valence-electron chi connectivity index (χ2n) is 7.38. The minimum absolute atomic E-state index is 0.0181. The molecule has 0 radical (unpaired) electrons. The van der Waals surface area contributed by atoms with Gasteiger partial charge in [0.15, 0.2) is 18.1 Å². The number of sulfonamides is 1. The van der Waals surface area contributed by atoms with Crippen LogP contribution in [0.3, 0.4) is 0 Å². The summed E-state index contributed by atoms with van der Waals surface area (Å²) in [6, 6.07) is 10.5. The van der Waals surface area contributed by atoms with Crippen molar-refractivity contribution in [3.8, 4) is 11.5 Å². The summed E-state index contributed by atoms with van der Waals surface area (Å²) in [6.07, 6.45) is 0.765. The van der Waals surface area contributed by atoms with Gasteiger partial charge in [0.25, 0.3) is 5.91 Å². The van der Waals surface area contributed by atoms with Crippen LogP contribution in [0.4, 0.5) is 5.69 Å². The van der Waals surface area contributed by atoms with E-state index < -0.39 is 28.5 Å². The monoisotopic (exact) mass is 476 g/mol. The third-order valence-corrected chi connectivity index (χ3v) is 6.94. The largest absolute Gasteiger partial charge is 0.490 e. The smallest absolute Gasteiger partial charge is 0.338 e. The Bertz CT molecular complexity index is 1130. The van der Waals surface area contributed by atoms with Crippen molar-refractivity contribution in [2.24, 2.45) is 0 Å². The molecule has 1 amide bonds. The topological polar surface area (TPSA) is 120 Å². The number of ether oxygens (including phenoxy) is 4. The first-order valence-corrected chi connectivity index (χ1v) is 11.9. The summed E-state index contributed by atoms with van der Waals surface area (Å²) in [5.41, 5.74) is 0.506. The highest BCUT2D eigenvalue weighted by atomic mass is 32.2. The summed E-state index contributed by atoms with van der Waals surface area (Å²) in [6.45, 7) is 1.67. The van der Waals surface area contributed by atoms with E-state index in [2.05, 4.69) is 5.32 Å². The highest BCUT2D eigenvalue weighted by Gasteiger charge is 2.27. The number of carbonyl (C=O) groups is 2. The predicted molar refractivity (Wildman–Crippen MR) is 117 cm³/mol. The molecule has 0 saturated carbocycles. The fourth-order valence-corrected chi connectivity index (χ4v) is 4.83. The van der Waals surface area contributed by atoms with E-state index in [4.69, 9.17) is 18.9 Å². The summed E-state index contributed by atoms with van der Waals surface area (Å²) < 4.78 is 48.3. The van der Waals surface area contributed by atoms with Crippen LogP contribution in [0, 0.1) is 0 Å². The first-order chi connectivity index (χ1) is 15.9. The molecule has 176 valence electrons. The molecule has 1 fully saturated rings. The van der Waals surface area contributed by atoms with Gasteiger partial charge in [-0.1, -0.05) is 6.07 Å². The maximum absolute atomic E-state index is 12.8. The number of nitrogens with one attached hydrogen (secondary N) is 1. The number of anilines is 1. The van der Waals surface area contributed by atoms with Crippen molar-refractivity contribution in [3.05, 3.63) is 48.0 Å². The molecule has 1 saturated heterocycles. The van der Waals surface area contributed by atoms with E-state index in [1.54, 1.807) is 18.2 Å². The van der Waals surface area contributed by atoms with Crippen LogP contribution < -0.4 is 14.8 Å². The first kappa shape index (κ1) is 23.0. The van der Waals surface area contributed by atoms with Gasteiger partial charge < -0.3 is 24.3 Å². The molecule has 33 heavy (non-hydrogen) atoms. The molecule has 1 N–H and O–H groups in total. The predicted octanol–water partition coefficient (Wildman–Crippen LogP) is 1.66. The Balaban J connectivity index is 1.35. The van der Waals surface area contributed by atoms with E-state index in [-0.39, 0.29) is 23.5 Å². The van der Waals surface area contributed by atoms with Crippen LogP contribution in [0.15, 0.2) is 47.4 Å². The van der Waals surface area contributed by atoms with E-state index in [0.29, 0.717) is 43.6 Å². The molecule has 2 aromatic rings. The summed E-state index contributed by atoms with van der Waals surface area (Å²) in [4.78, 5) is 24.6. The minimum atomic E-state index is -3.76. The van der Waals surface area contributed by atoms with Gasteiger partial charge in [0, 0.05) is 31.3 Å². The van der Waals surface area contributed by atoms with Crippen molar-refractivity contribution in [1.29, 1.82) is 0 Å². The quantitative estimate of drug-likeness (QED) is 0.625. The highest BCUT2D eigenvalue weighted by molar-refractivity contribution is 7.89. The Morgan fingerprint density at radius 1 is 0.970 bits per heavy atom. The minimum Gasteiger partial charge on any atom is -0.490 e. The maximum atomic E-state index is 12.8. The highest BCUT2D eigenvalue weighted by Crippen LogP contribution is 2.32. The van der Waals surface area contributed by atoms with Gasteiger partial charge in [-0.3, -0.25) is 4.79 Å². The molecule has 0 spiro atoms. The van der Waals surface area contributed by atoms with Crippen molar-refractivity contribution < 1.29 is 37.0 Å². The Morgan fingerprint density at radius 3 is 2.52 bits per heavy atom. The third kappa shape index (κ3) is 5.62. The number of hydrogen-bond donors (Lipinski definition) is 1. The average Bonchev–Trinajstić information content (AvgIpc) is 3.08. The molecule has 0 atom stereocenters. The lowest BCUT2D eigenvalue weighted by Crippen LogP contribution is -2.40. The summed E-state index contributed by atoms with van der Waals surface area (Å²) in [7, 11) is -3.76. The van der Waals surface area contributed by atoms with Crippen molar-refractivity contribution in [2.75, 3.05) is 51.4 Å². The molecular weight excluding hydrogens is 452 g/mol. The second-order valence-corrected chi connectivity index (χ2v) is 9.32. The molecule has 11 heteroatoms. The van der Waals surface area contributed by atoms with Crippen LogP contribution in [-0.4, -0.2) is 70.7 Å². The van der Waals surface area contributed by atoms with E-state index in [1.165, 1.54) is 28.6 Å².